The molecule has 22 heavy (non-hydrogen) atoms. The number of nitrogens with one attached hydrogen (secondary N) is 1. The van der Waals surface area contributed by atoms with Crippen LogP contribution in [0.15, 0.2) is 60.7 Å². The Bertz CT molecular complexity index is 556. The lowest BCUT2D eigenvalue weighted by molar-refractivity contribution is -0.139. The number of carbonyl (C=O) groups is 1. The van der Waals surface area contributed by atoms with Crippen LogP contribution in [-0.2, 0) is 22.4 Å². The number of rotatable bonds is 6. The molecule has 3 nitrogen and oxygen atoms in total. The highest BCUT2D eigenvalue weighted by atomic mass is 16.5. The van der Waals surface area contributed by atoms with Crippen LogP contribution in [0.2, 0.25) is 0 Å². The second-order valence-electron chi connectivity index (χ2n) is 5.75. The molecular weight excluding hydrogens is 274 g/mol. The van der Waals surface area contributed by atoms with Crippen LogP contribution in [0.5, 0.6) is 0 Å². The smallest absolute Gasteiger partial charge is 0.323 e. The Balaban J connectivity index is 1.71. The lowest BCUT2D eigenvalue weighted by Gasteiger charge is -2.21. The molecule has 2 aromatic rings. The Morgan fingerprint density at radius 2 is 1.50 bits per heavy atom. The Kier molecular flexibility index (Phi) is 4.86. The van der Waals surface area contributed by atoms with Gasteiger partial charge in [-0.2, -0.15) is 0 Å². The fraction of sp³-hybridized carbons (Fsp3) is 0.316. The third kappa shape index (κ3) is 3.95. The molecule has 1 aliphatic heterocycles. The van der Waals surface area contributed by atoms with Crippen LogP contribution in [0, 0.1) is 0 Å². The molecule has 1 aliphatic rings. The normalized spacial score (nSPS) is 17.7. The van der Waals surface area contributed by atoms with Gasteiger partial charge in [0.05, 0.1) is 6.61 Å². The van der Waals surface area contributed by atoms with Gasteiger partial charge >= 0.3 is 5.97 Å². The molecule has 0 aromatic heterocycles. The van der Waals surface area contributed by atoms with Gasteiger partial charge in [0.2, 0.25) is 0 Å². The fourth-order valence-electron chi connectivity index (χ4n) is 2.92. The second kappa shape index (κ2) is 7.23. The first kappa shape index (κ1) is 14.8. The summed E-state index contributed by atoms with van der Waals surface area (Å²) in [5.41, 5.74) is 2.56. The Labute approximate surface area is 131 Å². The maximum atomic E-state index is 11.7. The van der Waals surface area contributed by atoms with Crippen molar-refractivity contribution < 1.29 is 9.53 Å². The first-order chi connectivity index (χ1) is 10.8. The highest BCUT2D eigenvalue weighted by molar-refractivity contribution is 5.77. The predicted octanol–water partition coefficient (Wildman–Crippen LogP) is 2.75. The molecular formula is C19H21NO2. The zero-order valence-electron chi connectivity index (χ0n) is 12.6. The lowest BCUT2D eigenvalue weighted by atomic mass is 9.98. The number of esters is 1. The van der Waals surface area contributed by atoms with Crippen molar-refractivity contribution in [3.05, 3.63) is 71.8 Å². The molecule has 0 amide bonds. The van der Waals surface area contributed by atoms with Crippen molar-refractivity contribution in [2.45, 2.75) is 31.3 Å². The van der Waals surface area contributed by atoms with Gasteiger partial charge in [-0.05, 0) is 24.0 Å². The molecule has 1 fully saturated rings. The van der Waals surface area contributed by atoms with Crippen LogP contribution < -0.4 is 5.32 Å². The van der Waals surface area contributed by atoms with Crippen molar-refractivity contribution in [2.24, 2.45) is 0 Å². The standard InChI is InChI=1S/C19H21NO2/c21-19-18(11-12-22-19)20-17(13-15-7-3-1-4-8-15)14-16-9-5-2-6-10-16/h1-10,17-18,20H,11-14H2. The van der Waals surface area contributed by atoms with E-state index in [0.717, 1.165) is 19.3 Å². The van der Waals surface area contributed by atoms with Gasteiger partial charge in [-0.1, -0.05) is 60.7 Å². The van der Waals surface area contributed by atoms with Crippen molar-refractivity contribution in [2.75, 3.05) is 6.61 Å². The predicted molar refractivity (Wildman–Crippen MR) is 86.6 cm³/mol. The van der Waals surface area contributed by atoms with Crippen molar-refractivity contribution in [3.8, 4) is 0 Å². The number of ether oxygens (including phenoxy) is 1. The summed E-state index contributed by atoms with van der Waals surface area (Å²) < 4.78 is 5.07. The molecule has 0 bridgehead atoms. The summed E-state index contributed by atoms with van der Waals surface area (Å²) in [6.07, 6.45) is 2.57. The molecule has 1 N–H and O–H groups in total. The van der Waals surface area contributed by atoms with Crippen LogP contribution in [0.3, 0.4) is 0 Å². The van der Waals surface area contributed by atoms with Crippen molar-refractivity contribution in [1.29, 1.82) is 0 Å². The third-order valence-corrected chi connectivity index (χ3v) is 4.02. The highest BCUT2D eigenvalue weighted by Crippen LogP contribution is 2.13. The second-order valence-corrected chi connectivity index (χ2v) is 5.75. The number of carbonyl (C=O) groups excluding carboxylic acids is 1. The van der Waals surface area contributed by atoms with Crippen molar-refractivity contribution in [3.63, 3.8) is 0 Å². The number of hydrogen-bond acceptors (Lipinski definition) is 3. The molecule has 0 aliphatic carbocycles. The Morgan fingerprint density at radius 3 is 1.95 bits per heavy atom. The minimum absolute atomic E-state index is 0.119. The molecule has 3 rings (SSSR count). The van der Waals surface area contributed by atoms with Crippen molar-refractivity contribution >= 4 is 5.97 Å². The quantitative estimate of drug-likeness (QED) is 0.833. The van der Waals surface area contributed by atoms with Gasteiger partial charge in [0, 0.05) is 12.5 Å². The monoisotopic (exact) mass is 295 g/mol. The lowest BCUT2D eigenvalue weighted by Crippen LogP contribution is -2.43. The Morgan fingerprint density at radius 1 is 0.955 bits per heavy atom. The SMILES string of the molecule is O=C1OCCC1NC(Cc1ccccc1)Cc1ccccc1. The highest BCUT2D eigenvalue weighted by Gasteiger charge is 2.28. The van der Waals surface area contributed by atoms with Crippen LogP contribution in [0.1, 0.15) is 17.5 Å². The molecule has 0 saturated carbocycles. The summed E-state index contributed by atoms with van der Waals surface area (Å²) in [6.45, 7) is 0.528. The van der Waals surface area contributed by atoms with E-state index in [0.29, 0.717) is 6.61 Å². The molecule has 0 spiro atoms. The molecule has 1 unspecified atom stereocenters. The zero-order chi connectivity index (χ0) is 15.2. The van der Waals surface area contributed by atoms with E-state index in [-0.39, 0.29) is 18.1 Å². The van der Waals surface area contributed by atoms with Gasteiger partial charge in [-0.25, -0.2) is 0 Å². The molecule has 1 atom stereocenters. The van der Waals surface area contributed by atoms with Gasteiger partial charge < -0.3 is 10.1 Å². The van der Waals surface area contributed by atoms with Gasteiger partial charge in [-0.15, -0.1) is 0 Å². The largest absolute Gasteiger partial charge is 0.464 e. The van der Waals surface area contributed by atoms with E-state index in [1.807, 2.05) is 12.1 Å². The van der Waals surface area contributed by atoms with Crippen LogP contribution >= 0.6 is 0 Å². The van der Waals surface area contributed by atoms with Crippen LogP contribution in [-0.4, -0.2) is 24.7 Å². The molecule has 0 radical (unpaired) electrons. The summed E-state index contributed by atoms with van der Waals surface area (Å²) >= 11 is 0. The van der Waals surface area contributed by atoms with Crippen LogP contribution in [0.25, 0.3) is 0 Å². The van der Waals surface area contributed by atoms with E-state index in [1.165, 1.54) is 11.1 Å². The average molecular weight is 295 g/mol. The zero-order valence-corrected chi connectivity index (χ0v) is 12.6. The first-order valence-corrected chi connectivity index (χ1v) is 7.82. The van der Waals surface area contributed by atoms with E-state index < -0.39 is 0 Å². The molecule has 1 heterocycles. The number of benzene rings is 2. The van der Waals surface area contributed by atoms with E-state index >= 15 is 0 Å². The van der Waals surface area contributed by atoms with E-state index in [2.05, 4.69) is 53.8 Å². The first-order valence-electron chi connectivity index (χ1n) is 7.82. The molecule has 114 valence electrons. The topological polar surface area (TPSA) is 38.3 Å². The molecule has 1 saturated heterocycles. The summed E-state index contributed by atoms with van der Waals surface area (Å²) in [4.78, 5) is 11.7. The summed E-state index contributed by atoms with van der Waals surface area (Å²) in [5, 5.41) is 3.49. The van der Waals surface area contributed by atoms with Gasteiger partial charge in [-0.3, -0.25) is 4.79 Å². The van der Waals surface area contributed by atoms with E-state index in [9.17, 15) is 4.79 Å². The third-order valence-electron chi connectivity index (χ3n) is 4.02. The minimum Gasteiger partial charge on any atom is -0.464 e. The number of hydrogen-bond donors (Lipinski definition) is 1. The molecule has 3 heteroatoms. The van der Waals surface area contributed by atoms with Crippen LogP contribution in [0.4, 0.5) is 0 Å². The Hall–Kier alpha value is -2.13. The maximum absolute atomic E-state index is 11.7. The van der Waals surface area contributed by atoms with Gasteiger partial charge in [0.1, 0.15) is 6.04 Å². The number of cyclic esters (lactones) is 1. The minimum atomic E-state index is -0.169. The fourth-order valence-corrected chi connectivity index (χ4v) is 2.92. The summed E-state index contributed by atoms with van der Waals surface area (Å²) in [5.74, 6) is -0.119. The van der Waals surface area contributed by atoms with Gasteiger partial charge in [0.25, 0.3) is 0 Å². The maximum Gasteiger partial charge on any atom is 0.323 e. The molecule has 2 aromatic carbocycles. The van der Waals surface area contributed by atoms with E-state index in [4.69, 9.17) is 4.74 Å². The van der Waals surface area contributed by atoms with Gasteiger partial charge in [0.15, 0.2) is 0 Å². The van der Waals surface area contributed by atoms with E-state index in [1.54, 1.807) is 0 Å². The summed E-state index contributed by atoms with van der Waals surface area (Å²) in [6, 6.07) is 20.8. The average Bonchev–Trinajstić information content (AvgIpc) is 2.94. The summed E-state index contributed by atoms with van der Waals surface area (Å²) in [7, 11) is 0. The van der Waals surface area contributed by atoms with Crippen molar-refractivity contribution in [1.82, 2.24) is 5.32 Å².